The maximum Gasteiger partial charge on any atom is 0.417 e. The summed E-state index contributed by atoms with van der Waals surface area (Å²) >= 11 is 0. The molecule has 0 aromatic carbocycles. The average molecular weight is 245 g/mol. The third-order valence-electron chi connectivity index (χ3n) is 1.79. The zero-order valence-corrected chi connectivity index (χ0v) is 8.99. The summed E-state index contributed by atoms with van der Waals surface area (Å²) in [6, 6.07) is 2.08. The molecule has 0 aliphatic carbocycles. The van der Waals surface area contributed by atoms with Gasteiger partial charge in [0.1, 0.15) is 0 Å². The fourth-order valence-corrected chi connectivity index (χ4v) is 1.02. The summed E-state index contributed by atoms with van der Waals surface area (Å²) in [7, 11) is 0. The number of alkyl halides is 3. The molecule has 92 valence electrons. The molecular formula is C11H10F3NO2. The fourth-order valence-electron chi connectivity index (χ4n) is 1.02. The Morgan fingerprint density at radius 2 is 2.18 bits per heavy atom. The highest BCUT2D eigenvalue weighted by atomic mass is 19.4. The normalized spacial score (nSPS) is 11.8. The summed E-state index contributed by atoms with van der Waals surface area (Å²) in [6.07, 6.45) is -1.29. The third-order valence-corrected chi connectivity index (χ3v) is 1.79. The monoisotopic (exact) mass is 245 g/mol. The zero-order chi connectivity index (χ0) is 12.9. The number of hydrogen-bond donors (Lipinski definition) is 0. The van der Waals surface area contributed by atoms with E-state index in [9.17, 15) is 18.0 Å². The topological polar surface area (TPSA) is 39.2 Å². The van der Waals surface area contributed by atoms with E-state index >= 15 is 0 Å². The molecular weight excluding hydrogens is 235 g/mol. The molecule has 0 N–H and O–H groups in total. The Hall–Kier alpha value is -1.85. The van der Waals surface area contributed by atoms with Gasteiger partial charge < -0.3 is 4.74 Å². The second-order valence-corrected chi connectivity index (χ2v) is 3.05. The Labute approximate surface area is 95.9 Å². The molecule has 0 fully saturated rings. The van der Waals surface area contributed by atoms with Crippen molar-refractivity contribution in [2.75, 3.05) is 6.61 Å². The Kier molecular flexibility index (Phi) is 4.25. The standard InChI is InChI=1S/C11H10F3NO2/c1-2-17-10(16)6-5-9-4-3-8(7-15-9)11(12,13)14/h3-7H,2H2,1H3. The molecule has 0 radical (unpaired) electrons. The number of carbonyl (C=O) groups is 1. The van der Waals surface area contributed by atoms with Gasteiger partial charge >= 0.3 is 12.1 Å². The highest BCUT2D eigenvalue weighted by Gasteiger charge is 2.30. The number of ether oxygens (including phenoxy) is 1. The lowest BCUT2D eigenvalue weighted by Gasteiger charge is -2.05. The minimum Gasteiger partial charge on any atom is -0.463 e. The van der Waals surface area contributed by atoms with Gasteiger partial charge in [-0.05, 0) is 25.1 Å². The number of carbonyl (C=O) groups excluding carboxylic acids is 1. The molecule has 3 nitrogen and oxygen atoms in total. The SMILES string of the molecule is CCOC(=O)C=Cc1ccc(C(F)(F)F)cn1. The molecule has 0 unspecified atom stereocenters. The number of pyridine rings is 1. The average Bonchev–Trinajstić information content (AvgIpc) is 2.26. The van der Waals surface area contributed by atoms with Crippen LogP contribution in [0.3, 0.4) is 0 Å². The number of rotatable bonds is 3. The first-order valence-electron chi connectivity index (χ1n) is 4.81. The van der Waals surface area contributed by atoms with Crippen LogP contribution in [0, 0.1) is 0 Å². The van der Waals surface area contributed by atoms with Gasteiger partial charge in [0.2, 0.25) is 0 Å². The minimum absolute atomic E-state index is 0.240. The summed E-state index contributed by atoms with van der Waals surface area (Å²) in [5, 5.41) is 0. The molecule has 1 rings (SSSR count). The van der Waals surface area contributed by atoms with Crippen LogP contribution in [-0.2, 0) is 15.7 Å². The van der Waals surface area contributed by atoms with Crippen LogP contribution in [0.25, 0.3) is 6.08 Å². The fraction of sp³-hybridized carbons (Fsp3) is 0.273. The molecule has 6 heteroatoms. The predicted molar refractivity (Wildman–Crippen MR) is 54.9 cm³/mol. The number of esters is 1. The van der Waals surface area contributed by atoms with Crippen molar-refractivity contribution in [3.63, 3.8) is 0 Å². The summed E-state index contributed by atoms with van der Waals surface area (Å²) in [5.41, 5.74) is -0.572. The van der Waals surface area contributed by atoms with Gasteiger partial charge in [0, 0.05) is 12.3 Å². The smallest absolute Gasteiger partial charge is 0.417 e. The largest absolute Gasteiger partial charge is 0.463 e. The van der Waals surface area contributed by atoms with Crippen LogP contribution in [-0.4, -0.2) is 17.6 Å². The van der Waals surface area contributed by atoms with E-state index in [4.69, 9.17) is 0 Å². The van der Waals surface area contributed by atoms with Crippen LogP contribution in [0.4, 0.5) is 13.2 Å². The van der Waals surface area contributed by atoms with Crippen LogP contribution in [0.2, 0.25) is 0 Å². The van der Waals surface area contributed by atoms with Crippen LogP contribution in [0.5, 0.6) is 0 Å². The van der Waals surface area contributed by atoms with Gasteiger partial charge in [0.05, 0.1) is 17.9 Å². The lowest BCUT2D eigenvalue weighted by molar-refractivity contribution is -0.138. The Bertz CT molecular complexity index is 410. The van der Waals surface area contributed by atoms with E-state index in [0.29, 0.717) is 6.20 Å². The van der Waals surface area contributed by atoms with Gasteiger partial charge in [0.15, 0.2) is 0 Å². The van der Waals surface area contributed by atoms with Crippen molar-refractivity contribution in [1.82, 2.24) is 4.98 Å². The van der Waals surface area contributed by atoms with E-state index in [1.54, 1.807) is 6.92 Å². The number of hydrogen-bond acceptors (Lipinski definition) is 3. The van der Waals surface area contributed by atoms with Crippen molar-refractivity contribution >= 4 is 12.0 Å². The van der Waals surface area contributed by atoms with Crippen molar-refractivity contribution in [3.05, 3.63) is 35.7 Å². The molecule has 1 aromatic rings. The second kappa shape index (κ2) is 5.47. The summed E-state index contributed by atoms with van der Waals surface area (Å²) in [5.74, 6) is -0.561. The maximum atomic E-state index is 12.2. The Morgan fingerprint density at radius 3 is 2.65 bits per heavy atom. The highest BCUT2D eigenvalue weighted by molar-refractivity contribution is 5.86. The van der Waals surface area contributed by atoms with Gasteiger partial charge in [-0.2, -0.15) is 13.2 Å². The van der Waals surface area contributed by atoms with Gasteiger partial charge in [0.25, 0.3) is 0 Å². The minimum atomic E-state index is -4.41. The van der Waals surface area contributed by atoms with Crippen molar-refractivity contribution < 1.29 is 22.7 Å². The molecule has 0 spiro atoms. The van der Waals surface area contributed by atoms with Crippen molar-refractivity contribution in [1.29, 1.82) is 0 Å². The molecule has 17 heavy (non-hydrogen) atoms. The van der Waals surface area contributed by atoms with Gasteiger partial charge in [-0.1, -0.05) is 0 Å². The van der Waals surface area contributed by atoms with Gasteiger partial charge in [-0.15, -0.1) is 0 Å². The van der Waals surface area contributed by atoms with Crippen molar-refractivity contribution in [3.8, 4) is 0 Å². The Balaban J connectivity index is 2.72. The second-order valence-electron chi connectivity index (χ2n) is 3.05. The van der Waals surface area contributed by atoms with Crippen LogP contribution >= 0.6 is 0 Å². The van der Waals surface area contributed by atoms with Gasteiger partial charge in [-0.3, -0.25) is 4.98 Å². The summed E-state index contributed by atoms with van der Waals surface area (Å²) in [6.45, 7) is 1.89. The highest BCUT2D eigenvalue weighted by Crippen LogP contribution is 2.28. The van der Waals surface area contributed by atoms with E-state index in [1.165, 1.54) is 12.1 Å². The Morgan fingerprint density at radius 1 is 1.47 bits per heavy atom. The number of halogens is 3. The van der Waals surface area contributed by atoms with Crippen LogP contribution < -0.4 is 0 Å². The first-order valence-corrected chi connectivity index (χ1v) is 4.81. The molecule has 1 aromatic heterocycles. The molecule has 0 saturated heterocycles. The number of aromatic nitrogens is 1. The predicted octanol–water partition coefficient (Wildman–Crippen LogP) is 2.68. The van der Waals surface area contributed by atoms with E-state index in [0.717, 1.165) is 12.1 Å². The lowest BCUT2D eigenvalue weighted by atomic mass is 10.2. The summed E-state index contributed by atoms with van der Waals surface area (Å²) < 4.78 is 41.2. The molecule has 0 amide bonds. The van der Waals surface area contributed by atoms with E-state index in [1.807, 2.05) is 0 Å². The molecule has 0 aliphatic heterocycles. The van der Waals surface area contributed by atoms with Crippen molar-refractivity contribution in [2.24, 2.45) is 0 Å². The number of nitrogens with zero attached hydrogens (tertiary/aromatic N) is 1. The molecule has 0 atom stereocenters. The maximum absolute atomic E-state index is 12.2. The zero-order valence-electron chi connectivity index (χ0n) is 8.99. The molecule has 1 heterocycles. The van der Waals surface area contributed by atoms with Crippen LogP contribution in [0.15, 0.2) is 24.4 Å². The van der Waals surface area contributed by atoms with E-state index in [2.05, 4.69) is 9.72 Å². The molecule has 0 aliphatic rings. The lowest BCUT2D eigenvalue weighted by Crippen LogP contribution is -2.05. The quantitative estimate of drug-likeness (QED) is 0.607. The van der Waals surface area contributed by atoms with E-state index in [-0.39, 0.29) is 12.3 Å². The van der Waals surface area contributed by atoms with Crippen molar-refractivity contribution in [2.45, 2.75) is 13.1 Å². The van der Waals surface area contributed by atoms with Crippen LogP contribution in [0.1, 0.15) is 18.2 Å². The molecule has 0 bridgehead atoms. The molecule has 0 saturated carbocycles. The summed E-state index contributed by atoms with van der Waals surface area (Å²) in [4.78, 5) is 14.5. The first kappa shape index (κ1) is 13.2. The van der Waals surface area contributed by atoms with Gasteiger partial charge in [-0.25, -0.2) is 4.79 Å². The third kappa shape index (κ3) is 4.26. The van der Waals surface area contributed by atoms with E-state index < -0.39 is 17.7 Å². The first-order chi connectivity index (χ1) is 7.93.